The van der Waals surface area contributed by atoms with E-state index in [0.717, 1.165) is 6.92 Å². The topological polar surface area (TPSA) is 231 Å². The summed E-state index contributed by atoms with van der Waals surface area (Å²) in [7, 11) is 0. The van der Waals surface area contributed by atoms with Gasteiger partial charge >= 0.3 is 23.9 Å². The van der Waals surface area contributed by atoms with Crippen molar-refractivity contribution in [1.82, 2.24) is 5.32 Å². The van der Waals surface area contributed by atoms with E-state index in [0.29, 0.717) is 5.75 Å². The molecule has 11 atom stereocenters. The van der Waals surface area contributed by atoms with Crippen molar-refractivity contribution >= 4 is 35.6 Å². The maximum atomic E-state index is 15.7. The maximum Gasteiger partial charge on any atom is 0.338 e. The summed E-state index contributed by atoms with van der Waals surface area (Å²) in [5.74, 6) is -6.55. The highest BCUT2D eigenvalue weighted by molar-refractivity contribution is 5.96. The van der Waals surface area contributed by atoms with Crippen molar-refractivity contribution in [3.05, 3.63) is 125 Å². The summed E-state index contributed by atoms with van der Waals surface area (Å²) in [4.78, 5) is 85.6. The van der Waals surface area contributed by atoms with Crippen LogP contribution in [0.4, 0.5) is 0 Å². The predicted molar refractivity (Wildman–Crippen MR) is 236 cm³/mol. The van der Waals surface area contributed by atoms with Crippen molar-refractivity contribution in [3.63, 3.8) is 0 Å². The van der Waals surface area contributed by atoms with Crippen LogP contribution in [0.3, 0.4) is 0 Å². The number of allylic oxidation sites excluding steroid dienone is 1. The molecule has 3 aromatic carbocycles. The van der Waals surface area contributed by atoms with Gasteiger partial charge in [0.2, 0.25) is 0 Å². The number of esters is 4. The molecule has 0 aromatic heterocycles. The van der Waals surface area contributed by atoms with Crippen molar-refractivity contribution < 1.29 is 72.5 Å². The molecule has 3 aromatic rings. The molecule has 0 radical (unpaired) electrons. The van der Waals surface area contributed by atoms with Crippen LogP contribution >= 0.6 is 0 Å². The van der Waals surface area contributed by atoms with Crippen LogP contribution in [0.25, 0.3) is 0 Å². The third kappa shape index (κ3) is 8.23. The lowest BCUT2D eigenvalue weighted by molar-refractivity contribution is -0.346. The first-order valence-electron chi connectivity index (χ1n) is 22.4. The molecule has 1 saturated heterocycles. The van der Waals surface area contributed by atoms with Crippen LogP contribution in [-0.4, -0.2) is 112 Å². The number of benzene rings is 3. The zero-order chi connectivity index (χ0) is 48.1. The fourth-order valence-corrected chi connectivity index (χ4v) is 10.8. The van der Waals surface area contributed by atoms with E-state index in [1.165, 1.54) is 26.0 Å². The van der Waals surface area contributed by atoms with Crippen molar-refractivity contribution in [2.45, 2.75) is 114 Å². The minimum absolute atomic E-state index is 0.0108. The molecule has 8 rings (SSSR count). The van der Waals surface area contributed by atoms with Gasteiger partial charge in [-0.2, -0.15) is 0 Å². The molecule has 1 spiro atoms. The number of amides is 1. The van der Waals surface area contributed by atoms with Crippen LogP contribution in [0.5, 0.6) is 5.75 Å². The molecule has 2 heterocycles. The Morgan fingerprint density at radius 3 is 2.21 bits per heavy atom. The number of aliphatic hydroxyl groups is 3. The molecule has 3 fully saturated rings. The zero-order valence-corrected chi connectivity index (χ0v) is 37.8. The molecular weight excluding hydrogens is 867 g/mol. The van der Waals surface area contributed by atoms with E-state index in [1.54, 1.807) is 98.8 Å². The first kappa shape index (κ1) is 47.3. The first-order chi connectivity index (χ1) is 31.8. The van der Waals surface area contributed by atoms with Crippen LogP contribution in [0.2, 0.25) is 0 Å². The second-order valence-corrected chi connectivity index (χ2v) is 18.7. The van der Waals surface area contributed by atoms with Gasteiger partial charge in [-0.05, 0) is 73.4 Å². The minimum atomic E-state index is -2.42. The third-order valence-electron chi connectivity index (χ3n) is 14.5. The lowest BCUT2D eigenvalue weighted by Crippen LogP contribution is -2.82. The largest absolute Gasteiger partial charge is 0.490 e. The molecular formula is C51H55NO15. The number of rotatable bonds is 5. The van der Waals surface area contributed by atoms with Gasteiger partial charge in [0.15, 0.2) is 23.6 Å². The van der Waals surface area contributed by atoms with Gasteiger partial charge in [-0.15, -0.1) is 0 Å². The summed E-state index contributed by atoms with van der Waals surface area (Å²) in [5.41, 5.74) is -7.30. The van der Waals surface area contributed by atoms with Crippen molar-refractivity contribution in [2.75, 3.05) is 13.2 Å². The van der Waals surface area contributed by atoms with Crippen molar-refractivity contribution in [3.8, 4) is 5.75 Å². The smallest absolute Gasteiger partial charge is 0.338 e. The average molecular weight is 922 g/mol. The second-order valence-electron chi connectivity index (χ2n) is 18.7. The molecule has 354 valence electrons. The molecule has 6 bridgehead atoms. The summed E-state index contributed by atoms with van der Waals surface area (Å²) in [5, 5.41) is 40.9. The molecule has 0 unspecified atom stereocenters. The third-order valence-corrected chi connectivity index (χ3v) is 14.5. The van der Waals surface area contributed by atoms with Gasteiger partial charge in [0.1, 0.15) is 36.3 Å². The summed E-state index contributed by atoms with van der Waals surface area (Å²) >= 11 is 0. The number of carbonyl (C=O) groups excluding carboxylic acids is 6. The number of aliphatic hydroxyl groups excluding tert-OH is 2. The monoisotopic (exact) mass is 921 g/mol. The Morgan fingerprint density at radius 2 is 1.55 bits per heavy atom. The van der Waals surface area contributed by atoms with E-state index in [2.05, 4.69) is 5.32 Å². The number of carbonyl (C=O) groups is 6. The molecule has 1 amide bonds. The van der Waals surface area contributed by atoms with Crippen LogP contribution < -0.4 is 10.1 Å². The Labute approximate surface area is 387 Å². The maximum absolute atomic E-state index is 15.7. The fourth-order valence-electron chi connectivity index (χ4n) is 10.8. The number of nitrogens with one attached hydrogen (secondary N) is 1. The van der Waals surface area contributed by atoms with E-state index in [1.807, 2.05) is 0 Å². The SMILES string of the molecule is CC(=O)O[C@H]1C(=O)[C@@]2(C)[C@@H]3[C@H](OC(=O)c4ccccc4)[C@]4(O)C[C@H](OC(=O)[C@H](O)[C@@H](NC(=O)c5ccccc5)c5cccc(c5)OC/C=C/CCC(=O)O[C@]35CO[C@@H]5C[C@@H]2O)C(C)=C1C4(C)C. The van der Waals surface area contributed by atoms with Crippen molar-refractivity contribution in [1.29, 1.82) is 0 Å². The lowest BCUT2D eigenvalue weighted by Gasteiger charge is -2.67. The van der Waals surface area contributed by atoms with Crippen LogP contribution in [0.15, 0.2) is 108 Å². The quantitative estimate of drug-likeness (QED) is 0.158. The van der Waals surface area contributed by atoms with Crippen LogP contribution in [0.1, 0.15) is 92.6 Å². The lowest BCUT2D eigenvalue weighted by atomic mass is 9.44. The Balaban J connectivity index is 1.33. The fraction of sp³-hybridized carbons (Fsp3) is 0.451. The average Bonchev–Trinajstić information content (AvgIpc) is 3.30. The van der Waals surface area contributed by atoms with Crippen LogP contribution in [0, 0.1) is 16.7 Å². The summed E-state index contributed by atoms with van der Waals surface area (Å²) in [6.07, 6.45) is -7.35. The van der Waals surface area contributed by atoms with Crippen molar-refractivity contribution in [2.24, 2.45) is 16.7 Å². The number of hydrogen-bond donors (Lipinski definition) is 4. The minimum Gasteiger partial charge on any atom is -0.490 e. The van der Waals surface area contributed by atoms with E-state index in [4.69, 9.17) is 28.4 Å². The number of fused-ring (bicyclic) bond motifs is 4. The Kier molecular flexibility index (Phi) is 12.8. The molecule has 2 saturated carbocycles. The molecule has 3 aliphatic carbocycles. The first-order valence-corrected chi connectivity index (χ1v) is 22.4. The van der Waals surface area contributed by atoms with Gasteiger partial charge in [-0.25, -0.2) is 9.59 Å². The van der Waals surface area contributed by atoms with Gasteiger partial charge in [-0.3, -0.25) is 19.2 Å². The molecule has 16 nitrogen and oxygen atoms in total. The highest BCUT2D eigenvalue weighted by atomic mass is 16.6. The normalized spacial score (nSPS) is 34.2. The Hall–Kier alpha value is -6.20. The molecule has 2 aliphatic heterocycles. The summed E-state index contributed by atoms with van der Waals surface area (Å²) < 4.78 is 37.0. The molecule has 16 heteroatoms. The number of ketones is 1. The van der Waals surface area contributed by atoms with Gasteiger partial charge in [0.05, 0.1) is 35.6 Å². The highest BCUT2D eigenvalue weighted by Gasteiger charge is 2.78. The standard InChI is InChI=1S/C51H55NO15/c1-28-34-26-51(61)44(66-46(59)31-18-11-7-12-19-31)42-49(5,43(57)41(64-29(2)53)38(28)48(51,3)4)35(54)25-36-50(42,27-63-36)67-37(55)22-13-8-14-23-62-33-21-15-20-32(24-33)39(40(56)47(60)65-34)52-45(58)30-16-9-6-10-17-30/h6-12,14-21,24,34-36,39-42,44,54,56,61H,13,22-23,25-27H2,1-5H3,(H,52,58)/b14-8+/t34-,35-,36+,39-,40+,41+,42-,44-,49+,50-,51+/m0/s1. The number of hydrogen-bond acceptors (Lipinski definition) is 15. The van der Waals surface area contributed by atoms with Gasteiger partial charge in [0.25, 0.3) is 5.91 Å². The van der Waals surface area contributed by atoms with Crippen LogP contribution in [-0.2, 0) is 42.9 Å². The second kappa shape index (κ2) is 18.1. The van der Waals surface area contributed by atoms with E-state index in [9.17, 15) is 39.3 Å². The van der Waals surface area contributed by atoms with E-state index < -0.39 is 113 Å². The van der Waals surface area contributed by atoms with Gasteiger partial charge < -0.3 is 49.1 Å². The molecule has 67 heavy (non-hydrogen) atoms. The Morgan fingerprint density at radius 1 is 0.866 bits per heavy atom. The predicted octanol–water partition coefficient (Wildman–Crippen LogP) is 4.44. The van der Waals surface area contributed by atoms with Gasteiger partial charge in [-0.1, -0.05) is 74.5 Å². The molecule has 5 aliphatic rings. The molecule has 4 N–H and O–H groups in total. The van der Waals surface area contributed by atoms with Gasteiger partial charge in [0, 0.05) is 37.2 Å². The summed E-state index contributed by atoms with van der Waals surface area (Å²) in [6.45, 7) is 6.89. The highest BCUT2D eigenvalue weighted by Crippen LogP contribution is 2.64. The summed E-state index contributed by atoms with van der Waals surface area (Å²) in [6, 6.07) is 21.0. The zero-order valence-electron chi connectivity index (χ0n) is 37.8. The number of ether oxygens (including phenoxy) is 6. The Bertz CT molecular complexity index is 2500. The van der Waals surface area contributed by atoms with E-state index in [-0.39, 0.29) is 60.3 Å². The van der Waals surface area contributed by atoms with E-state index >= 15 is 4.79 Å². The number of Topliss-reactive ketones (excluding diaryl/α,β-unsaturated/α-hetero) is 1.